The van der Waals surface area contributed by atoms with Gasteiger partial charge >= 0.3 is 5.97 Å². The number of carboxylic acid groups (broad SMARTS) is 1. The number of rotatable bonds is 4. The predicted octanol–water partition coefficient (Wildman–Crippen LogP) is 3.74. The highest BCUT2D eigenvalue weighted by Gasteiger charge is 2.27. The van der Waals surface area contributed by atoms with Crippen LogP contribution in [-0.2, 0) is 4.79 Å². The number of hydrogen-bond acceptors (Lipinski definition) is 2. The van der Waals surface area contributed by atoms with Crippen LogP contribution in [-0.4, -0.2) is 17.1 Å². The second-order valence-corrected chi connectivity index (χ2v) is 6.16. The summed E-state index contributed by atoms with van der Waals surface area (Å²) in [6.07, 6.45) is 3.62. The second kappa shape index (κ2) is 6.53. The third-order valence-electron chi connectivity index (χ3n) is 3.88. The molecule has 4 heteroatoms. The van der Waals surface area contributed by atoms with Gasteiger partial charge in [-0.25, -0.2) is 0 Å². The summed E-state index contributed by atoms with van der Waals surface area (Å²) in [6.45, 7) is 2.13. The third kappa shape index (κ3) is 3.80. The average Bonchev–Trinajstić information content (AvgIpc) is 2.39. The molecule has 0 spiro atoms. The molecule has 1 aliphatic carbocycles. The van der Waals surface area contributed by atoms with Crippen LogP contribution in [0.3, 0.4) is 0 Å². The van der Waals surface area contributed by atoms with E-state index in [-0.39, 0.29) is 12.0 Å². The number of nitrogens with one attached hydrogen (secondary N) is 1. The highest BCUT2D eigenvalue weighted by molar-refractivity contribution is 9.10. The van der Waals surface area contributed by atoms with Gasteiger partial charge in [0.25, 0.3) is 0 Å². The molecule has 19 heavy (non-hydrogen) atoms. The Bertz CT molecular complexity index is 450. The minimum Gasteiger partial charge on any atom is -0.481 e. The third-order valence-corrected chi connectivity index (χ3v) is 4.60. The molecule has 1 saturated carbocycles. The van der Waals surface area contributed by atoms with Crippen molar-refractivity contribution in [3.05, 3.63) is 34.3 Å². The van der Waals surface area contributed by atoms with Crippen LogP contribution in [0, 0.1) is 5.92 Å². The molecule has 0 heterocycles. The first-order chi connectivity index (χ1) is 9.08. The lowest BCUT2D eigenvalue weighted by Crippen LogP contribution is -2.37. The Morgan fingerprint density at radius 3 is 2.84 bits per heavy atom. The Hall–Kier alpha value is -0.870. The Kier molecular flexibility index (Phi) is 4.99. The van der Waals surface area contributed by atoms with Crippen molar-refractivity contribution in [1.29, 1.82) is 0 Å². The summed E-state index contributed by atoms with van der Waals surface area (Å²) in [7, 11) is 0. The van der Waals surface area contributed by atoms with Gasteiger partial charge in [0, 0.05) is 16.6 Å². The van der Waals surface area contributed by atoms with Crippen LogP contribution in [0.4, 0.5) is 0 Å². The number of aliphatic carboxylic acids is 1. The molecule has 3 nitrogen and oxygen atoms in total. The van der Waals surface area contributed by atoms with Gasteiger partial charge in [0.05, 0.1) is 5.92 Å². The van der Waals surface area contributed by atoms with Gasteiger partial charge in [-0.05, 0) is 37.8 Å². The normalized spacial score (nSPS) is 24.9. The van der Waals surface area contributed by atoms with Gasteiger partial charge in [0.15, 0.2) is 0 Å². The highest BCUT2D eigenvalue weighted by Crippen LogP contribution is 2.28. The van der Waals surface area contributed by atoms with Gasteiger partial charge in [0.1, 0.15) is 0 Å². The summed E-state index contributed by atoms with van der Waals surface area (Å²) in [5.74, 6) is -0.835. The molecule has 0 bridgehead atoms. The first kappa shape index (κ1) is 14.5. The summed E-state index contributed by atoms with van der Waals surface area (Å²) in [6, 6.07) is 8.69. The van der Waals surface area contributed by atoms with Gasteiger partial charge in [-0.1, -0.05) is 40.5 Å². The molecule has 2 N–H and O–H groups in total. The van der Waals surface area contributed by atoms with Crippen molar-refractivity contribution in [2.24, 2.45) is 5.92 Å². The lowest BCUT2D eigenvalue weighted by Gasteiger charge is -2.30. The zero-order chi connectivity index (χ0) is 13.8. The monoisotopic (exact) mass is 325 g/mol. The van der Waals surface area contributed by atoms with E-state index in [4.69, 9.17) is 5.11 Å². The van der Waals surface area contributed by atoms with E-state index in [0.717, 1.165) is 30.2 Å². The Morgan fingerprint density at radius 2 is 2.16 bits per heavy atom. The molecular weight excluding hydrogens is 306 g/mol. The molecule has 1 aromatic carbocycles. The summed E-state index contributed by atoms with van der Waals surface area (Å²) in [5.41, 5.74) is 1.22. The van der Waals surface area contributed by atoms with E-state index < -0.39 is 5.97 Å². The SMILES string of the molecule is CC(NC1CCCC(C(=O)O)C1)c1ccccc1Br. The lowest BCUT2D eigenvalue weighted by molar-refractivity contribution is -0.143. The maximum absolute atomic E-state index is 11.1. The van der Waals surface area contributed by atoms with Crippen LogP contribution in [0.2, 0.25) is 0 Å². The molecule has 1 aromatic rings. The maximum Gasteiger partial charge on any atom is 0.306 e. The molecule has 0 radical (unpaired) electrons. The molecule has 0 amide bonds. The molecule has 3 atom stereocenters. The van der Waals surface area contributed by atoms with Gasteiger partial charge in [-0.2, -0.15) is 0 Å². The number of carboxylic acids is 1. The number of hydrogen-bond donors (Lipinski definition) is 2. The Balaban J connectivity index is 1.97. The summed E-state index contributed by atoms with van der Waals surface area (Å²) >= 11 is 3.56. The van der Waals surface area contributed by atoms with Crippen molar-refractivity contribution in [1.82, 2.24) is 5.32 Å². The number of carbonyl (C=O) groups is 1. The molecule has 1 fully saturated rings. The van der Waals surface area contributed by atoms with Crippen molar-refractivity contribution in [2.75, 3.05) is 0 Å². The Morgan fingerprint density at radius 1 is 1.42 bits per heavy atom. The number of halogens is 1. The van der Waals surface area contributed by atoms with Crippen LogP contribution in [0.5, 0.6) is 0 Å². The fourth-order valence-electron chi connectivity index (χ4n) is 2.84. The highest BCUT2D eigenvalue weighted by atomic mass is 79.9. The van der Waals surface area contributed by atoms with Gasteiger partial charge in [-0.3, -0.25) is 4.79 Å². The fourth-order valence-corrected chi connectivity index (χ4v) is 3.46. The zero-order valence-corrected chi connectivity index (χ0v) is 12.7. The largest absolute Gasteiger partial charge is 0.481 e. The maximum atomic E-state index is 11.1. The van der Waals surface area contributed by atoms with E-state index in [0.29, 0.717) is 6.04 Å². The molecule has 0 saturated heterocycles. The lowest BCUT2D eigenvalue weighted by atomic mass is 9.85. The van der Waals surface area contributed by atoms with Crippen LogP contribution >= 0.6 is 15.9 Å². The van der Waals surface area contributed by atoms with E-state index in [1.165, 1.54) is 5.56 Å². The van der Waals surface area contributed by atoms with E-state index in [1.807, 2.05) is 18.2 Å². The van der Waals surface area contributed by atoms with Crippen LogP contribution < -0.4 is 5.32 Å². The van der Waals surface area contributed by atoms with E-state index >= 15 is 0 Å². The first-order valence-corrected chi connectivity index (χ1v) is 7.60. The van der Waals surface area contributed by atoms with E-state index in [1.54, 1.807) is 0 Å². The second-order valence-electron chi connectivity index (χ2n) is 5.31. The van der Waals surface area contributed by atoms with Crippen LogP contribution in [0.1, 0.15) is 44.2 Å². The summed E-state index contributed by atoms with van der Waals surface area (Å²) in [5, 5.41) is 12.7. The van der Waals surface area contributed by atoms with Crippen molar-refractivity contribution in [3.63, 3.8) is 0 Å². The summed E-state index contributed by atoms with van der Waals surface area (Å²) < 4.78 is 1.10. The quantitative estimate of drug-likeness (QED) is 0.886. The van der Waals surface area contributed by atoms with E-state index in [9.17, 15) is 4.79 Å². The molecule has 104 valence electrons. The van der Waals surface area contributed by atoms with Crippen LogP contribution in [0.15, 0.2) is 28.7 Å². The van der Waals surface area contributed by atoms with Gasteiger partial charge in [-0.15, -0.1) is 0 Å². The van der Waals surface area contributed by atoms with Crippen LogP contribution in [0.25, 0.3) is 0 Å². The van der Waals surface area contributed by atoms with Crippen molar-refractivity contribution in [3.8, 4) is 0 Å². The molecule has 0 aromatic heterocycles. The van der Waals surface area contributed by atoms with Gasteiger partial charge in [0.2, 0.25) is 0 Å². The average molecular weight is 326 g/mol. The molecule has 2 rings (SSSR count). The smallest absolute Gasteiger partial charge is 0.306 e. The molecule has 1 aliphatic rings. The minimum atomic E-state index is -0.653. The standard InChI is InChI=1S/C15H20BrNO2/c1-10(13-7-2-3-8-14(13)16)17-12-6-4-5-11(9-12)15(18)19/h2-3,7-8,10-12,17H,4-6,9H2,1H3,(H,18,19). The number of benzene rings is 1. The van der Waals surface area contributed by atoms with Gasteiger partial charge < -0.3 is 10.4 Å². The van der Waals surface area contributed by atoms with Crippen molar-refractivity contribution >= 4 is 21.9 Å². The summed E-state index contributed by atoms with van der Waals surface area (Å²) in [4.78, 5) is 11.1. The first-order valence-electron chi connectivity index (χ1n) is 6.81. The molecule has 0 aliphatic heterocycles. The molecular formula is C15H20BrNO2. The fraction of sp³-hybridized carbons (Fsp3) is 0.533. The Labute approximate surface area is 122 Å². The minimum absolute atomic E-state index is 0.183. The van der Waals surface area contributed by atoms with Crippen molar-refractivity contribution < 1.29 is 9.90 Å². The zero-order valence-electron chi connectivity index (χ0n) is 11.1. The van der Waals surface area contributed by atoms with Crippen molar-refractivity contribution in [2.45, 2.75) is 44.7 Å². The predicted molar refractivity (Wildman–Crippen MR) is 79.1 cm³/mol. The molecule has 3 unspecified atom stereocenters. The topological polar surface area (TPSA) is 49.3 Å². The van der Waals surface area contributed by atoms with E-state index in [2.05, 4.69) is 34.2 Å².